The van der Waals surface area contributed by atoms with Crippen LogP contribution in [0.2, 0.25) is 0 Å². The van der Waals surface area contributed by atoms with Gasteiger partial charge >= 0.3 is 0 Å². The molecule has 1 aliphatic carbocycles. The first-order valence-electron chi connectivity index (χ1n) is 12.3. The third kappa shape index (κ3) is 4.24. The molecule has 1 saturated carbocycles. The van der Waals surface area contributed by atoms with Crippen LogP contribution in [0.3, 0.4) is 0 Å². The van der Waals surface area contributed by atoms with Gasteiger partial charge in [0.1, 0.15) is 5.82 Å². The van der Waals surface area contributed by atoms with Crippen molar-refractivity contribution in [2.75, 3.05) is 25.3 Å². The second-order valence-corrected chi connectivity index (χ2v) is 11.5. The second kappa shape index (κ2) is 9.13. The van der Waals surface area contributed by atoms with Crippen LogP contribution in [0.25, 0.3) is 11.3 Å². The van der Waals surface area contributed by atoms with Crippen LogP contribution in [0.1, 0.15) is 34.1 Å². The van der Waals surface area contributed by atoms with Crippen molar-refractivity contribution in [1.82, 2.24) is 9.29 Å². The average molecular weight is 526 g/mol. The summed E-state index contributed by atoms with van der Waals surface area (Å²) in [6, 6.07) is 17.1. The van der Waals surface area contributed by atoms with Crippen LogP contribution >= 0.6 is 0 Å². The Morgan fingerprint density at radius 2 is 1.89 bits per heavy atom. The van der Waals surface area contributed by atoms with Gasteiger partial charge in [-0.05, 0) is 67.6 Å². The number of nitrogens with one attached hydrogen (secondary N) is 1. The first kappa shape index (κ1) is 23.9. The summed E-state index contributed by atoms with van der Waals surface area (Å²) in [5, 5.41) is 12.5. The number of hydrogen-bond acceptors (Lipinski definition) is 7. The summed E-state index contributed by atoms with van der Waals surface area (Å²) in [7, 11) is -3.68. The minimum absolute atomic E-state index is 0. The molecule has 1 saturated heterocycles. The van der Waals surface area contributed by atoms with E-state index in [0.717, 1.165) is 30.4 Å². The fourth-order valence-electron chi connectivity index (χ4n) is 5.11. The molecule has 10 heteroatoms. The number of nitrogens with zero attached hydrogens (tertiary/aromatic N) is 2. The average Bonchev–Trinajstić information content (AvgIpc) is 3.35. The number of fused-ring (bicyclic) bond motifs is 1. The van der Waals surface area contributed by atoms with E-state index in [-0.39, 0.29) is 33.1 Å². The fourth-order valence-corrected chi connectivity index (χ4v) is 6.79. The minimum Gasteiger partial charge on any atom is -0.454 e. The number of sulfonamides is 1. The smallest absolute Gasteiger partial charge is 0.243 e. The standard InChI is InChI=1S/C27H27N3O6S.2H2/c31-16-20-3-2-14-30(20)37(33,34)21-9-6-18(7-10-21)22-4-1-5-25(28-22)29-26(32)27(12-13-27)19-8-11-23-24(15-19)36-17-35-23;;/h1,4-11,15,20,31H,2-3,12-14,16-17H2,(H,28,29,32);2*1H/t20-;;/m1../s1. The van der Waals surface area contributed by atoms with E-state index in [4.69, 9.17) is 9.47 Å². The monoisotopic (exact) mass is 525 g/mol. The van der Waals surface area contributed by atoms with Crippen LogP contribution in [-0.4, -0.2) is 54.7 Å². The van der Waals surface area contributed by atoms with Gasteiger partial charge in [-0.1, -0.05) is 24.3 Å². The van der Waals surface area contributed by atoms with E-state index >= 15 is 0 Å². The summed E-state index contributed by atoms with van der Waals surface area (Å²) < 4.78 is 38.3. The Morgan fingerprint density at radius 3 is 2.65 bits per heavy atom. The number of ether oxygens (including phenoxy) is 2. The van der Waals surface area contributed by atoms with Crippen LogP contribution in [0.4, 0.5) is 5.82 Å². The number of carbonyl (C=O) groups is 1. The lowest BCUT2D eigenvalue weighted by Gasteiger charge is -2.22. The van der Waals surface area contributed by atoms with Crippen LogP contribution in [0.15, 0.2) is 65.6 Å². The highest BCUT2D eigenvalue weighted by Crippen LogP contribution is 2.51. The van der Waals surface area contributed by atoms with E-state index in [2.05, 4.69) is 10.3 Å². The van der Waals surface area contributed by atoms with Crippen LogP contribution in [0.5, 0.6) is 11.5 Å². The molecule has 1 aromatic heterocycles. The van der Waals surface area contributed by atoms with Gasteiger partial charge in [-0.15, -0.1) is 0 Å². The van der Waals surface area contributed by atoms with E-state index in [0.29, 0.717) is 36.0 Å². The summed E-state index contributed by atoms with van der Waals surface area (Å²) in [5.41, 5.74) is 1.62. The van der Waals surface area contributed by atoms with Crippen molar-refractivity contribution in [1.29, 1.82) is 0 Å². The number of amides is 1. The lowest BCUT2D eigenvalue weighted by atomic mass is 9.94. The Kier molecular flexibility index (Phi) is 5.89. The lowest BCUT2D eigenvalue weighted by molar-refractivity contribution is -0.118. The van der Waals surface area contributed by atoms with Gasteiger partial charge in [0.15, 0.2) is 11.5 Å². The summed E-state index contributed by atoms with van der Waals surface area (Å²) in [5.74, 6) is 1.64. The third-order valence-electron chi connectivity index (χ3n) is 7.39. The SMILES string of the molecule is O=C(Nc1cccc(-c2ccc(S(=O)(=O)N3CCC[C@@H]3CO)cc2)n1)C1(c2ccc3c(c2)OCO3)CC1.[HH].[HH]. The van der Waals surface area contributed by atoms with Crippen molar-refractivity contribution < 1.29 is 30.6 Å². The normalized spacial score (nSPS) is 20.1. The van der Waals surface area contributed by atoms with Gasteiger partial charge < -0.3 is 19.9 Å². The number of carbonyl (C=O) groups excluding carboxylic acids is 1. The van der Waals surface area contributed by atoms with E-state index in [1.807, 2.05) is 24.3 Å². The number of aliphatic hydroxyl groups excluding tert-OH is 1. The summed E-state index contributed by atoms with van der Waals surface area (Å²) in [4.78, 5) is 18.0. The van der Waals surface area contributed by atoms with Crippen molar-refractivity contribution >= 4 is 21.7 Å². The number of pyridine rings is 1. The molecule has 0 radical (unpaired) electrons. The van der Waals surface area contributed by atoms with Gasteiger partial charge in [0.05, 0.1) is 22.6 Å². The summed E-state index contributed by atoms with van der Waals surface area (Å²) >= 11 is 0. The van der Waals surface area contributed by atoms with Crippen molar-refractivity contribution in [2.45, 2.75) is 42.0 Å². The van der Waals surface area contributed by atoms with Crippen LogP contribution in [-0.2, 0) is 20.2 Å². The Labute approximate surface area is 218 Å². The molecule has 2 aromatic carbocycles. The van der Waals surface area contributed by atoms with Gasteiger partial charge in [-0.2, -0.15) is 4.31 Å². The first-order valence-corrected chi connectivity index (χ1v) is 13.8. The predicted molar refractivity (Wildman–Crippen MR) is 140 cm³/mol. The van der Waals surface area contributed by atoms with Gasteiger partial charge in [-0.3, -0.25) is 4.79 Å². The fraction of sp³-hybridized carbons (Fsp3) is 0.333. The van der Waals surface area contributed by atoms with Crippen molar-refractivity contribution in [3.63, 3.8) is 0 Å². The molecule has 1 atom stereocenters. The number of rotatable bonds is 7. The first-order chi connectivity index (χ1) is 17.9. The molecule has 0 bridgehead atoms. The molecule has 2 N–H and O–H groups in total. The second-order valence-electron chi connectivity index (χ2n) is 9.63. The van der Waals surface area contributed by atoms with Gasteiger partial charge in [-0.25, -0.2) is 13.4 Å². The largest absolute Gasteiger partial charge is 0.454 e. The highest BCUT2D eigenvalue weighted by atomic mass is 32.2. The Bertz CT molecular complexity index is 1460. The zero-order chi connectivity index (χ0) is 25.6. The van der Waals surface area contributed by atoms with E-state index in [9.17, 15) is 18.3 Å². The number of aliphatic hydroxyl groups is 1. The van der Waals surface area contributed by atoms with E-state index in [1.165, 1.54) is 4.31 Å². The predicted octanol–water partition coefficient (Wildman–Crippen LogP) is 3.79. The Balaban J connectivity index is 0.00000176. The molecule has 1 amide bonds. The quantitative estimate of drug-likeness (QED) is 0.482. The lowest BCUT2D eigenvalue weighted by Crippen LogP contribution is -2.37. The van der Waals surface area contributed by atoms with Gasteiger partial charge in [0.25, 0.3) is 0 Å². The maximum absolute atomic E-state index is 13.3. The van der Waals surface area contributed by atoms with E-state index in [1.54, 1.807) is 36.4 Å². The molecule has 3 aliphatic rings. The van der Waals surface area contributed by atoms with Crippen molar-refractivity contribution in [3.8, 4) is 22.8 Å². The highest BCUT2D eigenvalue weighted by molar-refractivity contribution is 7.89. The van der Waals surface area contributed by atoms with Gasteiger partial charge in [0.2, 0.25) is 22.7 Å². The topological polar surface area (TPSA) is 118 Å². The Hall–Kier alpha value is -3.47. The number of aromatic nitrogens is 1. The Morgan fingerprint density at radius 1 is 1.11 bits per heavy atom. The summed E-state index contributed by atoms with van der Waals surface area (Å²) in [6.07, 6.45) is 2.87. The number of benzene rings is 2. The third-order valence-corrected chi connectivity index (χ3v) is 9.36. The van der Waals surface area contributed by atoms with Crippen molar-refractivity contribution in [2.24, 2.45) is 0 Å². The summed E-state index contributed by atoms with van der Waals surface area (Å²) in [6.45, 7) is 0.408. The zero-order valence-electron chi connectivity index (χ0n) is 20.1. The van der Waals surface area contributed by atoms with Crippen LogP contribution in [0, 0.1) is 0 Å². The molecule has 3 aromatic rings. The molecule has 2 aliphatic heterocycles. The molecule has 0 spiro atoms. The molecule has 0 unspecified atom stereocenters. The number of anilines is 1. The molecule has 3 heterocycles. The maximum atomic E-state index is 13.3. The van der Waals surface area contributed by atoms with Gasteiger partial charge in [0, 0.05) is 21.0 Å². The molecule has 6 rings (SSSR count). The molecule has 9 nitrogen and oxygen atoms in total. The van der Waals surface area contributed by atoms with Crippen LogP contribution < -0.4 is 14.8 Å². The molecule has 37 heavy (non-hydrogen) atoms. The highest BCUT2D eigenvalue weighted by Gasteiger charge is 2.51. The van der Waals surface area contributed by atoms with E-state index < -0.39 is 15.4 Å². The number of hydrogen-bond donors (Lipinski definition) is 2. The molecular weight excluding hydrogens is 494 g/mol. The zero-order valence-corrected chi connectivity index (χ0v) is 20.9. The molecular formula is C27H31N3O6S. The minimum atomic E-state index is -3.68. The van der Waals surface area contributed by atoms with Crippen molar-refractivity contribution in [3.05, 3.63) is 66.2 Å². The molecule has 2 fully saturated rings. The molecule has 196 valence electrons. The maximum Gasteiger partial charge on any atom is 0.243 e.